The van der Waals surface area contributed by atoms with Gasteiger partial charge in [0.25, 0.3) is 0 Å². The zero-order valence-electron chi connectivity index (χ0n) is 23.1. The van der Waals surface area contributed by atoms with Gasteiger partial charge in [-0.25, -0.2) is 0 Å². The highest BCUT2D eigenvalue weighted by atomic mass is 14.2. The summed E-state index contributed by atoms with van der Waals surface area (Å²) in [5.41, 5.74) is 7.73. The van der Waals surface area contributed by atoms with Gasteiger partial charge in [-0.1, -0.05) is 140 Å². The molecule has 1 aliphatic rings. The van der Waals surface area contributed by atoms with E-state index in [0.717, 1.165) is 6.42 Å². The lowest BCUT2D eigenvalue weighted by Crippen LogP contribution is -2.30. The molecule has 0 N–H and O–H groups in total. The molecule has 8 rings (SSSR count). The lowest BCUT2D eigenvalue weighted by Gasteiger charge is -2.19. The van der Waals surface area contributed by atoms with Crippen LogP contribution in [0.1, 0.15) is 13.3 Å². The van der Waals surface area contributed by atoms with Crippen molar-refractivity contribution in [3.05, 3.63) is 144 Å². The fraction of sp³-hybridized carbons (Fsp3) is 0.0732. The van der Waals surface area contributed by atoms with Crippen LogP contribution in [0.25, 0.3) is 77.9 Å². The Labute approximate surface area is 240 Å². The molecule has 7 aromatic rings. The Morgan fingerprint density at radius 2 is 1.07 bits per heavy atom. The van der Waals surface area contributed by atoms with Crippen LogP contribution in [0.2, 0.25) is 0 Å². The molecule has 0 fully saturated rings. The van der Waals surface area contributed by atoms with Crippen molar-refractivity contribution < 1.29 is 0 Å². The summed E-state index contributed by atoms with van der Waals surface area (Å²) in [6, 6.07) is 49.2. The van der Waals surface area contributed by atoms with E-state index < -0.39 is 0 Å². The summed E-state index contributed by atoms with van der Waals surface area (Å²) in [7, 11) is 0. The van der Waals surface area contributed by atoms with Gasteiger partial charge in [-0.2, -0.15) is 0 Å². The van der Waals surface area contributed by atoms with Crippen molar-refractivity contribution in [3.63, 3.8) is 0 Å². The smallest absolute Gasteiger partial charge is 0.00203 e. The van der Waals surface area contributed by atoms with Crippen LogP contribution in [0, 0.1) is 5.92 Å². The number of benzene rings is 7. The van der Waals surface area contributed by atoms with Crippen molar-refractivity contribution in [1.29, 1.82) is 0 Å². The van der Waals surface area contributed by atoms with Crippen molar-refractivity contribution in [2.75, 3.05) is 0 Å². The summed E-state index contributed by atoms with van der Waals surface area (Å²) >= 11 is 0. The monoisotopic (exact) mass is 522 g/mol. The third-order valence-corrected chi connectivity index (χ3v) is 8.74. The van der Waals surface area contributed by atoms with Crippen molar-refractivity contribution in [3.8, 4) is 33.4 Å². The van der Waals surface area contributed by atoms with Crippen molar-refractivity contribution in [2.45, 2.75) is 13.3 Å². The predicted molar refractivity (Wildman–Crippen MR) is 177 cm³/mol. The Morgan fingerprint density at radius 1 is 0.488 bits per heavy atom. The molecular weight excluding hydrogens is 492 g/mol. The van der Waals surface area contributed by atoms with Gasteiger partial charge >= 0.3 is 0 Å². The van der Waals surface area contributed by atoms with Crippen molar-refractivity contribution in [1.82, 2.24) is 0 Å². The second-order valence-electron chi connectivity index (χ2n) is 11.4. The van der Waals surface area contributed by atoms with Gasteiger partial charge in [-0.15, -0.1) is 0 Å². The first-order valence-corrected chi connectivity index (χ1v) is 14.6. The minimum absolute atomic E-state index is 0.542. The second-order valence-corrected chi connectivity index (χ2v) is 11.4. The fourth-order valence-corrected chi connectivity index (χ4v) is 6.77. The summed E-state index contributed by atoms with van der Waals surface area (Å²) < 4.78 is 0. The van der Waals surface area contributed by atoms with Gasteiger partial charge in [0.05, 0.1) is 0 Å². The minimum atomic E-state index is 0.542. The van der Waals surface area contributed by atoms with Gasteiger partial charge in [0, 0.05) is 0 Å². The predicted octanol–water partition coefficient (Wildman–Crippen LogP) is 9.75. The molecule has 1 unspecified atom stereocenters. The molecule has 0 heterocycles. The molecule has 0 aromatic heterocycles. The molecular formula is C41H30. The second kappa shape index (κ2) is 9.61. The van der Waals surface area contributed by atoms with E-state index in [1.165, 1.54) is 76.1 Å². The Hall–Kier alpha value is -4.94. The number of hydrogen-bond donors (Lipinski definition) is 0. The van der Waals surface area contributed by atoms with Crippen LogP contribution < -0.4 is 10.4 Å². The summed E-state index contributed by atoms with van der Waals surface area (Å²) in [4.78, 5) is 0. The van der Waals surface area contributed by atoms with Gasteiger partial charge in [0.2, 0.25) is 0 Å². The normalized spacial score (nSPS) is 14.5. The summed E-state index contributed by atoms with van der Waals surface area (Å²) in [5.74, 6) is 0.542. The Bertz CT molecular complexity index is 2180. The van der Waals surface area contributed by atoms with Gasteiger partial charge < -0.3 is 0 Å². The van der Waals surface area contributed by atoms with E-state index in [-0.39, 0.29) is 0 Å². The first kappa shape index (κ1) is 23.9. The highest BCUT2D eigenvalue weighted by molar-refractivity contribution is 6.21. The molecule has 0 heteroatoms. The maximum Gasteiger partial charge on any atom is -0.00203 e. The average molecular weight is 523 g/mol. The topological polar surface area (TPSA) is 0 Å². The average Bonchev–Trinajstić information content (AvgIpc) is 3.03. The summed E-state index contributed by atoms with van der Waals surface area (Å²) in [6.07, 6.45) is 5.97. The first-order chi connectivity index (χ1) is 20.2. The molecule has 194 valence electrons. The lowest BCUT2D eigenvalue weighted by molar-refractivity contribution is 0.800. The van der Waals surface area contributed by atoms with Crippen molar-refractivity contribution in [2.24, 2.45) is 5.92 Å². The molecule has 41 heavy (non-hydrogen) atoms. The summed E-state index contributed by atoms with van der Waals surface area (Å²) in [6.45, 7) is 2.32. The van der Waals surface area contributed by atoms with Crippen LogP contribution in [-0.2, 0) is 0 Å². The molecule has 1 aliphatic carbocycles. The molecule has 0 bridgehead atoms. The highest BCUT2D eigenvalue weighted by Crippen LogP contribution is 2.43. The SMILES string of the molecule is CC1C=c2c(-c3c4ccccc4c(-c4ccc5cc(-c6ccccc6)ccc5c4)c4ccccc34)cccc2=CC1. The van der Waals surface area contributed by atoms with E-state index in [4.69, 9.17) is 0 Å². The molecule has 1 atom stereocenters. The van der Waals surface area contributed by atoms with E-state index >= 15 is 0 Å². The van der Waals surface area contributed by atoms with Gasteiger partial charge in [0.15, 0.2) is 0 Å². The standard InChI is InChI=1S/C41H30/c1-27-18-19-29-12-9-17-38(39(29)24-27)41-36-15-7-5-13-34(36)40(35-14-6-8-16-37(35)41)33-23-22-31-25-30(20-21-32(31)26-33)28-10-3-2-4-11-28/h2-17,19-27H,18H2,1H3. The third-order valence-electron chi connectivity index (χ3n) is 8.74. The van der Waals surface area contributed by atoms with Crippen molar-refractivity contribution >= 4 is 44.5 Å². The molecule has 0 saturated heterocycles. The molecule has 0 spiro atoms. The molecule has 0 radical (unpaired) electrons. The molecule has 0 saturated carbocycles. The number of rotatable bonds is 3. The maximum atomic E-state index is 2.47. The van der Waals surface area contributed by atoms with Crippen LogP contribution in [0.15, 0.2) is 133 Å². The summed E-state index contributed by atoms with van der Waals surface area (Å²) in [5, 5.41) is 10.4. The van der Waals surface area contributed by atoms with Crippen LogP contribution in [0.4, 0.5) is 0 Å². The zero-order chi connectivity index (χ0) is 27.3. The zero-order valence-corrected chi connectivity index (χ0v) is 23.1. The quantitative estimate of drug-likeness (QED) is 0.203. The van der Waals surface area contributed by atoms with Gasteiger partial charge in [-0.05, 0) is 101 Å². The molecule has 0 amide bonds. The maximum absolute atomic E-state index is 2.47. The van der Waals surface area contributed by atoms with E-state index in [1.807, 2.05) is 0 Å². The van der Waals surface area contributed by atoms with Gasteiger partial charge in [-0.3, -0.25) is 0 Å². The molecule has 7 aromatic carbocycles. The highest BCUT2D eigenvalue weighted by Gasteiger charge is 2.18. The van der Waals surface area contributed by atoms with Crippen LogP contribution in [0.5, 0.6) is 0 Å². The molecule has 0 nitrogen and oxygen atoms in total. The number of fused-ring (bicyclic) bond motifs is 4. The van der Waals surface area contributed by atoms with Gasteiger partial charge in [0.1, 0.15) is 0 Å². The van der Waals surface area contributed by atoms with E-state index in [0.29, 0.717) is 5.92 Å². The lowest BCUT2D eigenvalue weighted by atomic mass is 9.84. The van der Waals surface area contributed by atoms with Crippen LogP contribution in [0.3, 0.4) is 0 Å². The Balaban J connectivity index is 1.40. The van der Waals surface area contributed by atoms with E-state index in [2.05, 4.69) is 153 Å². The Morgan fingerprint density at radius 3 is 1.76 bits per heavy atom. The third kappa shape index (κ3) is 3.99. The molecule has 0 aliphatic heterocycles. The fourth-order valence-electron chi connectivity index (χ4n) is 6.77. The Kier molecular flexibility index (Phi) is 5.60. The van der Waals surface area contributed by atoms with Crippen LogP contribution >= 0.6 is 0 Å². The largest absolute Gasteiger partial charge is 0.0761 e. The van der Waals surface area contributed by atoms with E-state index in [1.54, 1.807) is 0 Å². The minimum Gasteiger partial charge on any atom is -0.0761 e. The first-order valence-electron chi connectivity index (χ1n) is 14.6. The van der Waals surface area contributed by atoms with E-state index in [9.17, 15) is 0 Å². The van der Waals surface area contributed by atoms with Crippen LogP contribution in [-0.4, -0.2) is 0 Å². The number of hydrogen-bond acceptors (Lipinski definition) is 0.